The normalized spacial score (nSPS) is 26.3. The van der Waals surface area contributed by atoms with Gasteiger partial charge in [-0.2, -0.15) is 0 Å². The second kappa shape index (κ2) is 9.90. The van der Waals surface area contributed by atoms with Gasteiger partial charge in [-0.1, -0.05) is 72.2 Å². The number of para-hydroxylation sites is 1. The molecule has 2 bridgehead atoms. The summed E-state index contributed by atoms with van der Waals surface area (Å²) < 4.78 is 19.2. The van der Waals surface area contributed by atoms with E-state index in [1.54, 1.807) is 59.5 Å². The molecule has 0 N–H and O–H groups in total. The SMILES string of the molecule is C[C@@]1(O[Si](C)(C)C)C#C/C=C\C#C[C@H]2[C@@H]3O[C@]31c1ccccc1N2C(=O)OCc1ccc2c(c1)C(=O)c1ccccc1C2=O. The maximum atomic E-state index is 13.9. The standard InChI is InChI=1S/C36H29NO6Si/c1-35(43-44(2,3)4)20-12-6-5-7-17-30-33-36(35,42-33)28-15-10-11-16-29(28)37(30)34(40)41-22-23-18-19-26-27(21-23)32(39)25-14-9-8-13-24(25)31(26)38/h5-6,8-11,13-16,18-19,21,30,33H,22H2,1-4H3/b6-5-/t30-,33-,35+,36+/m0/s1. The summed E-state index contributed by atoms with van der Waals surface area (Å²) >= 11 is 0. The molecule has 1 amide bonds. The van der Waals surface area contributed by atoms with Gasteiger partial charge in [-0.05, 0) is 62.5 Å². The van der Waals surface area contributed by atoms with Crippen LogP contribution in [-0.2, 0) is 26.1 Å². The highest BCUT2D eigenvalue weighted by Gasteiger charge is 2.75. The topological polar surface area (TPSA) is 85.4 Å². The molecule has 2 aliphatic carbocycles. The van der Waals surface area contributed by atoms with Gasteiger partial charge in [0.25, 0.3) is 0 Å². The third-order valence-corrected chi connectivity index (χ3v) is 9.37. The molecule has 7 nitrogen and oxygen atoms in total. The molecule has 8 heteroatoms. The Morgan fingerprint density at radius 3 is 2.32 bits per heavy atom. The lowest BCUT2D eigenvalue weighted by Crippen LogP contribution is -2.56. The molecule has 0 radical (unpaired) electrons. The summed E-state index contributed by atoms with van der Waals surface area (Å²) in [5, 5.41) is 0. The first-order valence-electron chi connectivity index (χ1n) is 14.5. The number of hydrogen-bond donors (Lipinski definition) is 0. The van der Waals surface area contributed by atoms with Crippen molar-refractivity contribution in [3.05, 3.63) is 112 Å². The lowest BCUT2D eigenvalue weighted by Gasteiger charge is -2.42. The number of rotatable bonds is 4. The molecule has 218 valence electrons. The molecule has 1 fully saturated rings. The van der Waals surface area contributed by atoms with Gasteiger partial charge in [-0.15, -0.1) is 0 Å². The lowest BCUT2D eigenvalue weighted by atomic mass is 9.75. The van der Waals surface area contributed by atoms with Gasteiger partial charge >= 0.3 is 6.09 Å². The van der Waals surface area contributed by atoms with Gasteiger partial charge < -0.3 is 13.9 Å². The van der Waals surface area contributed by atoms with E-state index < -0.39 is 37.8 Å². The minimum absolute atomic E-state index is 0.105. The number of benzene rings is 3. The van der Waals surface area contributed by atoms with Crippen LogP contribution in [0, 0.1) is 23.7 Å². The van der Waals surface area contributed by atoms with Crippen LogP contribution in [0.25, 0.3) is 0 Å². The van der Waals surface area contributed by atoms with Crippen LogP contribution in [-0.4, -0.2) is 43.7 Å². The molecule has 1 saturated heterocycles. The van der Waals surface area contributed by atoms with Crippen molar-refractivity contribution in [2.24, 2.45) is 0 Å². The summed E-state index contributed by atoms with van der Waals surface area (Å²) in [5.74, 6) is 12.2. The van der Waals surface area contributed by atoms with Gasteiger partial charge in [0.05, 0.1) is 5.69 Å². The number of fused-ring (bicyclic) bond motifs is 3. The number of carbonyl (C=O) groups is 3. The Morgan fingerprint density at radius 2 is 1.57 bits per heavy atom. The maximum absolute atomic E-state index is 13.9. The first-order valence-corrected chi connectivity index (χ1v) is 17.9. The van der Waals surface area contributed by atoms with Crippen LogP contribution in [0.3, 0.4) is 0 Å². The molecule has 0 spiro atoms. The molecule has 2 heterocycles. The van der Waals surface area contributed by atoms with E-state index in [1.165, 1.54) is 0 Å². The number of nitrogens with zero attached hydrogens (tertiary/aromatic N) is 1. The van der Waals surface area contributed by atoms with Crippen molar-refractivity contribution < 1.29 is 28.3 Å². The van der Waals surface area contributed by atoms with Crippen molar-refractivity contribution in [3.8, 4) is 23.7 Å². The van der Waals surface area contributed by atoms with Crippen molar-refractivity contribution in [2.45, 2.75) is 56.5 Å². The fraction of sp³-hybridized carbons (Fsp3) is 0.250. The Kier molecular flexibility index (Phi) is 6.31. The Balaban J connectivity index is 1.22. The average Bonchev–Trinajstić information content (AvgIpc) is 3.77. The number of ether oxygens (including phenoxy) is 2. The van der Waals surface area contributed by atoms with Crippen molar-refractivity contribution in [1.82, 2.24) is 0 Å². The maximum Gasteiger partial charge on any atom is 0.415 e. The van der Waals surface area contributed by atoms with Gasteiger partial charge in [0.1, 0.15) is 18.8 Å². The Hall–Kier alpha value is -4.73. The summed E-state index contributed by atoms with van der Waals surface area (Å²) in [5.41, 5.74) is 1.50. The van der Waals surface area contributed by atoms with Crippen molar-refractivity contribution in [1.29, 1.82) is 0 Å². The molecule has 2 aliphatic heterocycles. The number of amides is 1. The first-order chi connectivity index (χ1) is 21.0. The molecular formula is C36H29NO6Si. The van der Waals surface area contributed by atoms with Gasteiger partial charge in [0.15, 0.2) is 31.1 Å². The van der Waals surface area contributed by atoms with E-state index in [-0.39, 0.29) is 18.2 Å². The molecule has 44 heavy (non-hydrogen) atoms. The third kappa shape index (κ3) is 4.26. The number of anilines is 1. The van der Waals surface area contributed by atoms with E-state index in [1.807, 2.05) is 31.2 Å². The molecule has 0 unspecified atom stereocenters. The quantitative estimate of drug-likeness (QED) is 0.168. The van der Waals surface area contributed by atoms with E-state index in [0.717, 1.165) is 5.56 Å². The monoisotopic (exact) mass is 599 g/mol. The minimum atomic E-state index is -2.10. The lowest BCUT2D eigenvalue weighted by molar-refractivity contribution is 0.0429. The van der Waals surface area contributed by atoms with E-state index >= 15 is 0 Å². The smallest absolute Gasteiger partial charge is 0.415 e. The number of ketones is 2. The van der Waals surface area contributed by atoms with Crippen LogP contribution in [0.15, 0.2) is 78.9 Å². The zero-order chi connectivity index (χ0) is 30.9. The molecule has 0 aromatic heterocycles. The van der Waals surface area contributed by atoms with E-state index in [4.69, 9.17) is 13.9 Å². The summed E-state index contributed by atoms with van der Waals surface area (Å²) in [7, 11) is -2.10. The Bertz CT molecular complexity index is 1930. The number of hydrogen-bond acceptors (Lipinski definition) is 6. The fourth-order valence-corrected chi connectivity index (χ4v) is 8.03. The highest BCUT2D eigenvalue weighted by Crippen LogP contribution is 2.63. The van der Waals surface area contributed by atoms with Crippen LogP contribution in [0.2, 0.25) is 19.6 Å². The van der Waals surface area contributed by atoms with Crippen LogP contribution in [0.5, 0.6) is 0 Å². The van der Waals surface area contributed by atoms with Gasteiger partial charge in [-0.25, -0.2) is 4.79 Å². The van der Waals surface area contributed by atoms with E-state index in [0.29, 0.717) is 33.5 Å². The van der Waals surface area contributed by atoms with Crippen molar-refractivity contribution >= 4 is 31.7 Å². The summed E-state index contributed by atoms with van der Waals surface area (Å²) in [6.07, 6.45) is 2.24. The molecular weight excluding hydrogens is 570 g/mol. The predicted octanol–water partition coefficient (Wildman–Crippen LogP) is 5.77. The van der Waals surface area contributed by atoms with Crippen LogP contribution in [0.1, 0.15) is 49.9 Å². The minimum Gasteiger partial charge on any atom is -0.444 e. The van der Waals surface area contributed by atoms with E-state index in [9.17, 15) is 14.4 Å². The molecule has 3 aromatic rings. The molecule has 7 rings (SSSR count). The highest BCUT2D eigenvalue weighted by atomic mass is 28.4. The van der Waals surface area contributed by atoms with Gasteiger partial charge in [0.2, 0.25) is 0 Å². The molecule has 4 atom stereocenters. The first kappa shape index (κ1) is 28.1. The number of carbonyl (C=O) groups excluding carboxylic acids is 3. The summed E-state index contributed by atoms with van der Waals surface area (Å²) in [4.78, 5) is 41.7. The third-order valence-electron chi connectivity index (χ3n) is 8.34. The number of allylic oxidation sites excluding steroid dienone is 2. The predicted molar refractivity (Wildman–Crippen MR) is 167 cm³/mol. The summed E-state index contributed by atoms with van der Waals surface area (Å²) in [6, 6.07) is 18.7. The summed E-state index contributed by atoms with van der Waals surface area (Å²) in [6.45, 7) is 8.19. The van der Waals surface area contributed by atoms with Gasteiger partial charge in [0, 0.05) is 27.8 Å². The van der Waals surface area contributed by atoms with Gasteiger partial charge in [-0.3, -0.25) is 14.5 Å². The van der Waals surface area contributed by atoms with Crippen LogP contribution in [0.4, 0.5) is 10.5 Å². The number of epoxide rings is 1. The highest BCUT2D eigenvalue weighted by molar-refractivity contribution is 6.69. The molecule has 3 aromatic carbocycles. The zero-order valence-corrected chi connectivity index (χ0v) is 25.8. The van der Waals surface area contributed by atoms with Crippen molar-refractivity contribution in [2.75, 3.05) is 4.90 Å². The zero-order valence-electron chi connectivity index (χ0n) is 24.8. The Morgan fingerprint density at radius 1 is 0.909 bits per heavy atom. The molecule has 4 aliphatic rings. The molecule has 0 saturated carbocycles. The van der Waals surface area contributed by atoms with Crippen molar-refractivity contribution in [3.63, 3.8) is 0 Å². The van der Waals surface area contributed by atoms with Crippen LogP contribution < -0.4 is 4.90 Å². The van der Waals surface area contributed by atoms with E-state index in [2.05, 4.69) is 43.3 Å². The Labute approximate surface area is 256 Å². The second-order valence-corrected chi connectivity index (χ2v) is 16.8. The average molecular weight is 600 g/mol. The largest absolute Gasteiger partial charge is 0.444 e. The van der Waals surface area contributed by atoms with Crippen LogP contribution >= 0.6 is 0 Å². The fourth-order valence-electron chi connectivity index (χ4n) is 6.60. The second-order valence-electron chi connectivity index (χ2n) is 12.4.